The lowest BCUT2D eigenvalue weighted by Crippen LogP contribution is -2.27. The van der Waals surface area contributed by atoms with Gasteiger partial charge in [-0.05, 0) is 19.5 Å². The van der Waals surface area contributed by atoms with Gasteiger partial charge in [0.1, 0.15) is 6.61 Å². The molecule has 0 aliphatic rings. The number of esters is 2. The summed E-state index contributed by atoms with van der Waals surface area (Å²) in [5.41, 5.74) is 0. The van der Waals surface area contributed by atoms with E-state index in [0.717, 1.165) is 38.1 Å². The Morgan fingerprint density at radius 3 is 1.72 bits per heavy atom. The summed E-state index contributed by atoms with van der Waals surface area (Å²) in [7, 11) is 0. The molecule has 0 aliphatic heterocycles. The molecule has 0 fully saturated rings. The molecule has 5 heteroatoms. The van der Waals surface area contributed by atoms with E-state index in [1.165, 1.54) is 38.5 Å². The third-order valence-corrected chi connectivity index (χ3v) is 4.14. The quantitative estimate of drug-likeness (QED) is 0.237. The van der Waals surface area contributed by atoms with Crippen molar-refractivity contribution in [2.24, 2.45) is 0 Å². The van der Waals surface area contributed by atoms with E-state index in [1.54, 1.807) is 0 Å². The smallest absolute Gasteiger partial charge is 0.331 e. The molecule has 0 aromatic rings. The Labute approximate surface area is 153 Å². The van der Waals surface area contributed by atoms with Crippen LogP contribution in [-0.4, -0.2) is 49.7 Å². The van der Waals surface area contributed by atoms with E-state index >= 15 is 0 Å². The lowest BCUT2D eigenvalue weighted by molar-refractivity contribution is -0.140. The van der Waals surface area contributed by atoms with Gasteiger partial charge in [0, 0.05) is 18.7 Å². The van der Waals surface area contributed by atoms with Crippen molar-refractivity contribution in [2.75, 3.05) is 32.8 Å². The molecule has 0 radical (unpaired) electrons. The number of rotatable bonds is 16. The van der Waals surface area contributed by atoms with Gasteiger partial charge >= 0.3 is 11.9 Å². The van der Waals surface area contributed by atoms with Gasteiger partial charge in [-0.15, -0.1) is 0 Å². The Morgan fingerprint density at radius 2 is 1.20 bits per heavy atom. The summed E-state index contributed by atoms with van der Waals surface area (Å²) >= 11 is 0. The number of carbonyl (C=O) groups excluding carboxylic acids is 2. The highest BCUT2D eigenvalue weighted by Crippen LogP contribution is 2.08. The van der Waals surface area contributed by atoms with E-state index in [-0.39, 0.29) is 0 Å². The van der Waals surface area contributed by atoms with Crippen molar-refractivity contribution >= 4 is 11.9 Å². The van der Waals surface area contributed by atoms with Crippen molar-refractivity contribution in [2.45, 2.75) is 72.1 Å². The van der Waals surface area contributed by atoms with Gasteiger partial charge in [-0.2, -0.15) is 0 Å². The van der Waals surface area contributed by atoms with Gasteiger partial charge in [-0.25, -0.2) is 9.59 Å². The van der Waals surface area contributed by atoms with Gasteiger partial charge < -0.3 is 14.4 Å². The van der Waals surface area contributed by atoms with Crippen LogP contribution in [0.15, 0.2) is 12.2 Å². The topological polar surface area (TPSA) is 55.8 Å². The number of hydrogen-bond acceptors (Lipinski definition) is 5. The minimum absolute atomic E-state index is 0.332. The summed E-state index contributed by atoms with van der Waals surface area (Å²) in [6.07, 6.45) is 11.9. The summed E-state index contributed by atoms with van der Waals surface area (Å²) in [4.78, 5) is 25.2. The van der Waals surface area contributed by atoms with Crippen LogP contribution < -0.4 is 0 Å². The highest BCUT2D eigenvalue weighted by molar-refractivity contribution is 5.91. The summed E-state index contributed by atoms with van der Waals surface area (Å²) < 4.78 is 10.1. The normalized spacial score (nSPS) is 11.2. The van der Waals surface area contributed by atoms with Crippen LogP contribution in [-0.2, 0) is 19.1 Å². The minimum atomic E-state index is -0.504. The monoisotopic (exact) mass is 355 g/mol. The third-order valence-electron chi connectivity index (χ3n) is 4.14. The molecule has 0 unspecified atom stereocenters. The molecular formula is C20H37NO4. The first-order valence-corrected chi connectivity index (χ1v) is 9.87. The molecule has 0 saturated heterocycles. The number of hydrogen-bond donors (Lipinski definition) is 0. The van der Waals surface area contributed by atoms with Crippen LogP contribution in [0.3, 0.4) is 0 Å². The van der Waals surface area contributed by atoms with E-state index in [9.17, 15) is 9.59 Å². The fraction of sp³-hybridized carbons (Fsp3) is 0.800. The largest absolute Gasteiger partial charge is 0.463 e. The highest BCUT2D eigenvalue weighted by atomic mass is 16.5. The van der Waals surface area contributed by atoms with Crippen LogP contribution in [0.5, 0.6) is 0 Å². The predicted molar refractivity (Wildman–Crippen MR) is 101 cm³/mol. The Morgan fingerprint density at radius 1 is 0.720 bits per heavy atom. The lowest BCUT2D eigenvalue weighted by Gasteiger charge is -2.16. The van der Waals surface area contributed by atoms with E-state index in [2.05, 4.69) is 25.7 Å². The predicted octanol–water partition coefficient (Wildman–Crippen LogP) is 4.11. The van der Waals surface area contributed by atoms with Crippen molar-refractivity contribution in [1.29, 1.82) is 0 Å². The molecule has 0 saturated carbocycles. The fourth-order valence-electron chi connectivity index (χ4n) is 2.46. The molecule has 5 nitrogen and oxygen atoms in total. The van der Waals surface area contributed by atoms with Gasteiger partial charge in [0.05, 0.1) is 6.61 Å². The van der Waals surface area contributed by atoms with Gasteiger partial charge in [-0.1, -0.05) is 65.7 Å². The van der Waals surface area contributed by atoms with Crippen molar-refractivity contribution in [3.8, 4) is 0 Å². The third kappa shape index (κ3) is 15.9. The molecular weight excluding hydrogens is 318 g/mol. The number of ether oxygens (including phenoxy) is 2. The average Bonchev–Trinajstić information content (AvgIpc) is 2.62. The first-order valence-electron chi connectivity index (χ1n) is 9.87. The molecule has 0 spiro atoms. The van der Waals surface area contributed by atoms with Crippen molar-refractivity contribution in [1.82, 2.24) is 4.90 Å². The first-order chi connectivity index (χ1) is 12.1. The van der Waals surface area contributed by atoms with E-state index in [1.807, 2.05) is 0 Å². The van der Waals surface area contributed by atoms with Crippen LogP contribution in [0.4, 0.5) is 0 Å². The fourth-order valence-corrected chi connectivity index (χ4v) is 2.46. The molecule has 0 aromatic carbocycles. The Balaban J connectivity index is 3.57. The maximum atomic E-state index is 11.5. The van der Waals surface area contributed by atoms with Gasteiger partial charge in [0.15, 0.2) is 0 Å². The highest BCUT2D eigenvalue weighted by Gasteiger charge is 2.03. The van der Waals surface area contributed by atoms with E-state index in [0.29, 0.717) is 19.8 Å². The molecule has 0 bridgehead atoms. The Bertz CT molecular complexity index is 365. The minimum Gasteiger partial charge on any atom is -0.463 e. The second-order valence-electron chi connectivity index (χ2n) is 6.17. The van der Waals surface area contributed by atoms with E-state index < -0.39 is 11.9 Å². The summed E-state index contributed by atoms with van der Waals surface area (Å²) in [5, 5.41) is 0. The number of nitrogens with zero attached hydrogens (tertiary/aromatic N) is 1. The Hall–Kier alpha value is -1.36. The van der Waals surface area contributed by atoms with Crippen LogP contribution in [0.25, 0.3) is 0 Å². The maximum Gasteiger partial charge on any atom is 0.331 e. The van der Waals surface area contributed by atoms with Crippen molar-refractivity contribution in [3.63, 3.8) is 0 Å². The average molecular weight is 356 g/mol. The van der Waals surface area contributed by atoms with Crippen LogP contribution in [0.2, 0.25) is 0 Å². The zero-order chi connectivity index (χ0) is 18.8. The molecule has 0 N–H and O–H groups in total. The number of likely N-dealkylation sites (N-methyl/N-ethyl adjacent to an activating group) is 1. The molecule has 0 aromatic heterocycles. The zero-order valence-corrected chi connectivity index (χ0v) is 16.4. The SMILES string of the molecule is CCCCCCCCCCOC(=O)/C=C/C(=O)OCCN(CC)CC. The van der Waals surface area contributed by atoms with Crippen molar-refractivity contribution in [3.05, 3.63) is 12.2 Å². The summed E-state index contributed by atoms with van der Waals surface area (Å²) in [6.45, 7) is 9.64. The first kappa shape index (κ1) is 23.6. The summed E-state index contributed by atoms with van der Waals surface area (Å²) in [6, 6.07) is 0. The lowest BCUT2D eigenvalue weighted by atomic mass is 10.1. The van der Waals surface area contributed by atoms with Gasteiger partial charge in [0.25, 0.3) is 0 Å². The molecule has 0 rings (SSSR count). The molecule has 0 heterocycles. The van der Waals surface area contributed by atoms with Crippen LogP contribution in [0.1, 0.15) is 72.1 Å². The van der Waals surface area contributed by atoms with E-state index in [4.69, 9.17) is 9.47 Å². The second kappa shape index (κ2) is 17.5. The van der Waals surface area contributed by atoms with Gasteiger partial charge in [-0.3, -0.25) is 0 Å². The van der Waals surface area contributed by atoms with Crippen LogP contribution >= 0.6 is 0 Å². The molecule has 146 valence electrons. The zero-order valence-electron chi connectivity index (χ0n) is 16.4. The number of carbonyl (C=O) groups is 2. The standard InChI is InChI=1S/C20H37NO4/c1-4-7-8-9-10-11-12-13-17-24-19(22)14-15-20(23)25-18-16-21(5-2)6-3/h14-15H,4-13,16-18H2,1-3H3/b15-14+. The van der Waals surface area contributed by atoms with Gasteiger partial charge in [0.2, 0.25) is 0 Å². The van der Waals surface area contributed by atoms with Crippen LogP contribution in [0, 0.1) is 0 Å². The summed E-state index contributed by atoms with van der Waals surface area (Å²) in [5.74, 6) is -0.986. The molecule has 0 aliphatic carbocycles. The molecule has 0 amide bonds. The molecule has 0 atom stereocenters. The second-order valence-corrected chi connectivity index (χ2v) is 6.17. The number of unbranched alkanes of at least 4 members (excludes halogenated alkanes) is 7. The molecule has 25 heavy (non-hydrogen) atoms. The maximum absolute atomic E-state index is 11.5. The Kier molecular flexibility index (Phi) is 16.5. The van der Waals surface area contributed by atoms with Crippen molar-refractivity contribution < 1.29 is 19.1 Å².